The molecule has 0 aliphatic carbocycles. The zero-order chi connectivity index (χ0) is 17.5. The van der Waals surface area contributed by atoms with E-state index in [0.29, 0.717) is 6.54 Å². The van der Waals surface area contributed by atoms with Crippen molar-refractivity contribution in [1.82, 2.24) is 25.3 Å². The topological polar surface area (TPSA) is 70.6 Å². The minimum atomic E-state index is 0. The van der Waals surface area contributed by atoms with E-state index in [1.54, 1.807) is 10.9 Å². The van der Waals surface area contributed by atoms with Crippen molar-refractivity contribution in [3.63, 3.8) is 0 Å². The molecule has 26 heavy (non-hydrogen) atoms. The van der Waals surface area contributed by atoms with E-state index in [-0.39, 0.29) is 30.0 Å². The molecule has 0 aromatic carbocycles. The molecular formula is C18H29IN6O. The summed E-state index contributed by atoms with van der Waals surface area (Å²) in [5, 5.41) is 11.0. The Labute approximate surface area is 172 Å². The highest BCUT2D eigenvalue weighted by Crippen LogP contribution is 2.24. The smallest absolute Gasteiger partial charge is 0.191 e. The Kier molecular flexibility index (Phi) is 8.43. The average molecular weight is 472 g/mol. The molecule has 2 N–H and O–H groups in total. The number of guanidine groups is 1. The zero-order valence-electron chi connectivity index (χ0n) is 15.5. The predicted molar refractivity (Wildman–Crippen MR) is 114 cm³/mol. The third kappa shape index (κ3) is 5.73. The van der Waals surface area contributed by atoms with Crippen molar-refractivity contribution in [2.75, 3.05) is 26.2 Å². The SMILES string of the molecule is CCNC(=NCc1cnn(C)c1)NCC(c1ccco1)N1CCCC1.I. The number of aliphatic imine (C=N–C) groups is 1. The summed E-state index contributed by atoms with van der Waals surface area (Å²) < 4.78 is 7.48. The second kappa shape index (κ2) is 10.6. The van der Waals surface area contributed by atoms with Crippen LogP contribution in [0.4, 0.5) is 0 Å². The van der Waals surface area contributed by atoms with E-state index in [0.717, 1.165) is 43.5 Å². The largest absolute Gasteiger partial charge is 0.468 e. The van der Waals surface area contributed by atoms with Crippen molar-refractivity contribution in [2.45, 2.75) is 32.4 Å². The van der Waals surface area contributed by atoms with Crippen LogP contribution in [0.25, 0.3) is 0 Å². The van der Waals surface area contributed by atoms with E-state index >= 15 is 0 Å². The van der Waals surface area contributed by atoms with Crippen molar-refractivity contribution in [3.05, 3.63) is 42.1 Å². The molecule has 2 aromatic rings. The Morgan fingerprint density at radius 2 is 2.15 bits per heavy atom. The third-order valence-electron chi connectivity index (χ3n) is 4.44. The predicted octanol–water partition coefficient (Wildman–Crippen LogP) is 2.52. The van der Waals surface area contributed by atoms with Gasteiger partial charge in [-0.2, -0.15) is 5.10 Å². The number of rotatable bonds is 7. The average Bonchev–Trinajstić information content (AvgIpc) is 3.36. The lowest BCUT2D eigenvalue weighted by atomic mass is 10.2. The van der Waals surface area contributed by atoms with Crippen LogP contribution >= 0.6 is 24.0 Å². The van der Waals surface area contributed by atoms with Gasteiger partial charge in [0.25, 0.3) is 0 Å². The van der Waals surface area contributed by atoms with Crippen LogP contribution in [0.15, 0.2) is 40.2 Å². The van der Waals surface area contributed by atoms with Crippen LogP contribution in [0.3, 0.4) is 0 Å². The maximum absolute atomic E-state index is 5.68. The Morgan fingerprint density at radius 3 is 2.77 bits per heavy atom. The summed E-state index contributed by atoms with van der Waals surface area (Å²) in [6.07, 6.45) is 8.10. The quantitative estimate of drug-likeness (QED) is 0.368. The van der Waals surface area contributed by atoms with Gasteiger partial charge in [-0.3, -0.25) is 9.58 Å². The minimum absolute atomic E-state index is 0. The molecule has 1 saturated heterocycles. The lowest BCUT2D eigenvalue weighted by Gasteiger charge is -2.26. The van der Waals surface area contributed by atoms with Gasteiger partial charge in [-0.25, -0.2) is 4.99 Å². The molecule has 1 aliphatic heterocycles. The van der Waals surface area contributed by atoms with Gasteiger partial charge in [-0.1, -0.05) is 0 Å². The van der Waals surface area contributed by atoms with Crippen molar-refractivity contribution < 1.29 is 4.42 Å². The lowest BCUT2D eigenvalue weighted by Crippen LogP contribution is -2.42. The van der Waals surface area contributed by atoms with Crippen LogP contribution in [0.2, 0.25) is 0 Å². The van der Waals surface area contributed by atoms with Crippen LogP contribution in [-0.2, 0) is 13.6 Å². The second-order valence-corrected chi connectivity index (χ2v) is 6.37. The van der Waals surface area contributed by atoms with Crippen LogP contribution in [0.1, 0.15) is 37.1 Å². The molecule has 3 rings (SSSR count). The summed E-state index contributed by atoms with van der Waals surface area (Å²) in [7, 11) is 1.92. The molecule has 0 bridgehead atoms. The van der Waals surface area contributed by atoms with Crippen molar-refractivity contribution in [1.29, 1.82) is 0 Å². The van der Waals surface area contributed by atoms with Gasteiger partial charge in [-0.15, -0.1) is 24.0 Å². The molecule has 144 valence electrons. The second-order valence-electron chi connectivity index (χ2n) is 6.37. The molecule has 1 aliphatic rings. The van der Waals surface area contributed by atoms with Crippen molar-refractivity contribution in [2.24, 2.45) is 12.0 Å². The van der Waals surface area contributed by atoms with Gasteiger partial charge >= 0.3 is 0 Å². The van der Waals surface area contributed by atoms with E-state index in [1.807, 2.05) is 25.5 Å². The minimum Gasteiger partial charge on any atom is -0.468 e. The monoisotopic (exact) mass is 472 g/mol. The van der Waals surface area contributed by atoms with Gasteiger partial charge in [0.1, 0.15) is 5.76 Å². The number of likely N-dealkylation sites (tertiary alicyclic amines) is 1. The summed E-state index contributed by atoms with van der Waals surface area (Å²) in [5.74, 6) is 1.83. The maximum atomic E-state index is 5.68. The van der Waals surface area contributed by atoms with Gasteiger partial charge in [0.05, 0.1) is 25.0 Å². The zero-order valence-corrected chi connectivity index (χ0v) is 17.8. The molecule has 2 aromatic heterocycles. The molecule has 0 spiro atoms. The Bertz CT molecular complexity index is 663. The molecule has 8 heteroatoms. The summed E-state index contributed by atoms with van der Waals surface area (Å²) in [6.45, 7) is 6.53. The molecule has 1 atom stereocenters. The fourth-order valence-electron chi connectivity index (χ4n) is 3.20. The highest BCUT2D eigenvalue weighted by Gasteiger charge is 2.25. The standard InChI is InChI=1S/C18H28N6O.HI/c1-3-19-18(20-11-15-12-22-23(2)14-15)21-13-16(17-7-6-10-25-17)24-8-4-5-9-24;/h6-7,10,12,14,16H,3-5,8-9,11,13H2,1-2H3,(H2,19,20,21);1H. The summed E-state index contributed by atoms with van der Waals surface area (Å²) in [6, 6.07) is 4.25. The summed E-state index contributed by atoms with van der Waals surface area (Å²) >= 11 is 0. The maximum Gasteiger partial charge on any atom is 0.191 e. The first-order chi connectivity index (χ1) is 12.3. The van der Waals surface area contributed by atoms with Crippen LogP contribution in [0, 0.1) is 0 Å². The first kappa shape index (κ1) is 20.8. The molecule has 0 amide bonds. The lowest BCUT2D eigenvalue weighted by molar-refractivity contribution is 0.215. The first-order valence-electron chi connectivity index (χ1n) is 9.03. The summed E-state index contributed by atoms with van der Waals surface area (Å²) in [4.78, 5) is 7.15. The molecule has 0 radical (unpaired) electrons. The number of hydrogen-bond acceptors (Lipinski definition) is 4. The summed E-state index contributed by atoms with van der Waals surface area (Å²) in [5.41, 5.74) is 1.10. The van der Waals surface area contributed by atoms with Gasteiger partial charge in [0.15, 0.2) is 5.96 Å². The number of aryl methyl sites for hydroxylation is 1. The molecule has 1 fully saturated rings. The molecule has 3 heterocycles. The fraction of sp³-hybridized carbons (Fsp3) is 0.556. The number of nitrogens with one attached hydrogen (secondary N) is 2. The molecule has 1 unspecified atom stereocenters. The van der Waals surface area contributed by atoms with E-state index in [1.165, 1.54) is 12.8 Å². The van der Waals surface area contributed by atoms with E-state index < -0.39 is 0 Å². The normalized spacial score (nSPS) is 16.3. The Balaban J connectivity index is 0.00000243. The van der Waals surface area contributed by atoms with E-state index in [9.17, 15) is 0 Å². The van der Waals surface area contributed by atoms with Gasteiger partial charge < -0.3 is 15.1 Å². The molecule has 7 nitrogen and oxygen atoms in total. The van der Waals surface area contributed by atoms with Crippen LogP contribution in [-0.4, -0.2) is 46.8 Å². The van der Waals surface area contributed by atoms with Gasteiger partial charge in [0.2, 0.25) is 0 Å². The van der Waals surface area contributed by atoms with Gasteiger partial charge in [0, 0.05) is 31.9 Å². The van der Waals surface area contributed by atoms with Crippen molar-refractivity contribution >= 4 is 29.9 Å². The number of aromatic nitrogens is 2. The van der Waals surface area contributed by atoms with Crippen LogP contribution < -0.4 is 10.6 Å². The number of halogens is 1. The highest BCUT2D eigenvalue weighted by atomic mass is 127. The molecular weight excluding hydrogens is 443 g/mol. The van der Waals surface area contributed by atoms with Crippen LogP contribution in [0.5, 0.6) is 0 Å². The fourth-order valence-corrected chi connectivity index (χ4v) is 3.20. The first-order valence-corrected chi connectivity index (χ1v) is 9.03. The highest BCUT2D eigenvalue weighted by molar-refractivity contribution is 14.0. The van der Waals surface area contributed by atoms with Crippen molar-refractivity contribution in [3.8, 4) is 0 Å². The Hall–Kier alpha value is -1.55. The van der Waals surface area contributed by atoms with E-state index in [2.05, 4.69) is 38.6 Å². The number of furan rings is 1. The number of nitrogens with zero attached hydrogens (tertiary/aromatic N) is 4. The van der Waals surface area contributed by atoms with E-state index in [4.69, 9.17) is 4.42 Å². The Morgan fingerprint density at radius 1 is 1.35 bits per heavy atom. The number of hydrogen-bond donors (Lipinski definition) is 2. The third-order valence-corrected chi connectivity index (χ3v) is 4.44. The van der Waals surface area contributed by atoms with Gasteiger partial charge in [-0.05, 0) is 45.0 Å². The molecule has 0 saturated carbocycles.